The third kappa shape index (κ3) is 9.90. The zero-order chi connectivity index (χ0) is 42.1. The van der Waals surface area contributed by atoms with E-state index >= 15 is 0 Å². The summed E-state index contributed by atoms with van der Waals surface area (Å²) in [5, 5.41) is 31.2. The molecule has 4 aromatic carbocycles. The zero-order valence-electron chi connectivity index (χ0n) is 36.6. The summed E-state index contributed by atoms with van der Waals surface area (Å²) in [5.74, 6) is 13.0. The van der Waals surface area contributed by atoms with Gasteiger partial charge in [0, 0.05) is 47.6 Å². The molecule has 0 spiro atoms. The first kappa shape index (κ1) is 44.7. The van der Waals surface area contributed by atoms with E-state index in [-0.39, 0.29) is 10.8 Å². The molecule has 2 saturated heterocycles. The minimum Gasteiger partial charge on any atom is -0.508 e. The van der Waals surface area contributed by atoms with Gasteiger partial charge in [-0.25, -0.2) is 0 Å². The maximum Gasteiger partial charge on any atom is 0.130 e. The molecular formula is C53H66O5. The largest absolute Gasteiger partial charge is 0.508 e. The van der Waals surface area contributed by atoms with Crippen LogP contribution in [0.2, 0.25) is 0 Å². The number of phenols is 1. The third-order valence-corrected chi connectivity index (χ3v) is 13.3. The highest BCUT2D eigenvalue weighted by molar-refractivity contribution is 5.51. The van der Waals surface area contributed by atoms with Crippen molar-refractivity contribution >= 4 is 0 Å². The van der Waals surface area contributed by atoms with Crippen LogP contribution in [0.1, 0.15) is 140 Å². The van der Waals surface area contributed by atoms with Crippen LogP contribution >= 0.6 is 0 Å². The second kappa shape index (κ2) is 19.1. The Morgan fingerprint density at radius 2 is 0.828 bits per heavy atom. The Morgan fingerprint density at radius 1 is 0.483 bits per heavy atom. The van der Waals surface area contributed by atoms with Gasteiger partial charge in [-0.15, -0.1) is 0 Å². The molecule has 2 heterocycles. The Labute approximate surface area is 349 Å². The van der Waals surface area contributed by atoms with E-state index in [4.69, 9.17) is 9.47 Å². The van der Waals surface area contributed by atoms with Crippen LogP contribution in [0.3, 0.4) is 0 Å². The number of ether oxygens (including phenoxy) is 2. The van der Waals surface area contributed by atoms with Crippen LogP contribution < -0.4 is 0 Å². The van der Waals surface area contributed by atoms with Crippen molar-refractivity contribution in [2.24, 2.45) is 0 Å². The monoisotopic (exact) mass is 782 g/mol. The topological polar surface area (TPSA) is 79.2 Å². The minimum atomic E-state index is -0.941. The molecule has 0 radical (unpaired) electrons. The van der Waals surface area contributed by atoms with Gasteiger partial charge in [0.2, 0.25) is 0 Å². The number of rotatable bonds is 8. The van der Waals surface area contributed by atoms with E-state index < -0.39 is 11.2 Å². The van der Waals surface area contributed by atoms with E-state index in [2.05, 4.69) is 140 Å². The van der Waals surface area contributed by atoms with Crippen molar-refractivity contribution in [3.8, 4) is 29.4 Å². The second-order valence-electron chi connectivity index (χ2n) is 16.7. The molecule has 0 aliphatic carbocycles. The van der Waals surface area contributed by atoms with E-state index in [1.54, 1.807) is 6.07 Å². The smallest absolute Gasteiger partial charge is 0.130 e. The molecule has 0 atom stereocenters. The molecule has 2 fully saturated rings. The summed E-state index contributed by atoms with van der Waals surface area (Å²) in [5.41, 5.74) is 11.1. The quantitative estimate of drug-likeness (QED) is 0.155. The Bertz CT molecular complexity index is 2000. The van der Waals surface area contributed by atoms with Crippen LogP contribution in [0.4, 0.5) is 0 Å². The SMILES string of the molecule is CCC(CC)(c1ccc(C)c(C)c1)c1ccc(C#CC2(O)CCOCC2)c(C)c1.CCC(CC)(c1ccc(O)c(C)c1)c1ccc(C#CC2(O)CCOCC2)c(C)c1. The molecule has 2 aliphatic heterocycles. The first-order valence-electron chi connectivity index (χ1n) is 21.4. The van der Waals surface area contributed by atoms with Gasteiger partial charge in [-0.1, -0.05) is 106 Å². The van der Waals surface area contributed by atoms with Gasteiger partial charge >= 0.3 is 0 Å². The molecule has 0 amide bonds. The number of aromatic hydroxyl groups is 1. The molecular weight excluding hydrogens is 717 g/mol. The Morgan fingerprint density at radius 3 is 1.17 bits per heavy atom. The lowest BCUT2D eigenvalue weighted by atomic mass is 9.69. The number of aryl methyl sites for hydroxylation is 5. The van der Waals surface area contributed by atoms with Crippen molar-refractivity contribution in [1.82, 2.24) is 0 Å². The molecule has 0 unspecified atom stereocenters. The molecule has 4 aromatic rings. The lowest BCUT2D eigenvalue weighted by molar-refractivity contribution is -0.0266. The molecule has 0 aromatic heterocycles. The van der Waals surface area contributed by atoms with Gasteiger partial charge in [0.25, 0.3) is 0 Å². The highest BCUT2D eigenvalue weighted by Crippen LogP contribution is 2.42. The fraction of sp³-hybridized carbons (Fsp3) is 0.472. The third-order valence-electron chi connectivity index (χ3n) is 13.3. The Hall–Kier alpha value is -4.36. The minimum absolute atomic E-state index is 0.00802. The maximum atomic E-state index is 10.6. The fourth-order valence-corrected chi connectivity index (χ4v) is 8.70. The lowest BCUT2D eigenvalue weighted by Crippen LogP contribution is -2.34. The summed E-state index contributed by atoms with van der Waals surface area (Å²) in [4.78, 5) is 0. The Balaban J connectivity index is 0.000000221. The first-order valence-corrected chi connectivity index (χ1v) is 21.4. The summed E-state index contributed by atoms with van der Waals surface area (Å²) < 4.78 is 10.7. The summed E-state index contributed by atoms with van der Waals surface area (Å²) in [6.07, 6.45) is 6.33. The molecule has 308 valence electrons. The van der Waals surface area contributed by atoms with Gasteiger partial charge in [-0.2, -0.15) is 0 Å². The van der Waals surface area contributed by atoms with Gasteiger partial charge in [-0.05, 0) is 129 Å². The maximum absolute atomic E-state index is 10.6. The lowest BCUT2D eigenvalue weighted by Gasteiger charge is -2.34. The van der Waals surface area contributed by atoms with Gasteiger partial charge in [0.05, 0.1) is 26.4 Å². The summed E-state index contributed by atoms with van der Waals surface area (Å²) >= 11 is 0. The summed E-state index contributed by atoms with van der Waals surface area (Å²) in [7, 11) is 0. The number of hydrogen-bond acceptors (Lipinski definition) is 5. The van der Waals surface area contributed by atoms with Crippen molar-refractivity contribution in [3.63, 3.8) is 0 Å². The van der Waals surface area contributed by atoms with Crippen molar-refractivity contribution in [3.05, 3.63) is 134 Å². The normalized spacial score (nSPS) is 16.2. The van der Waals surface area contributed by atoms with Crippen LogP contribution in [-0.2, 0) is 20.3 Å². The molecule has 5 nitrogen and oxygen atoms in total. The van der Waals surface area contributed by atoms with E-state index in [1.165, 1.54) is 38.9 Å². The fourth-order valence-electron chi connectivity index (χ4n) is 8.70. The number of hydrogen-bond donors (Lipinski definition) is 3. The number of aliphatic hydroxyl groups is 2. The standard InChI is InChI=1S/C27H34O2.C26H32O3/c1-6-27(7-2,24-10-8-20(3)21(4)18-24)25-11-9-23(22(5)19-25)12-13-26(28)14-16-29-17-15-26;1-5-26(6-2,23-9-10-24(27)20(4)18-23)22-8-7-21(19(3)17-22)11-12-25(28)13-15-29-16-14-25/h8-11,18-19,28H,6-7,14-17H2,1-5H3;7-10,17-18,27-28H,5-6,13-16H2,1-4H3. The molecule has 3 N–H and O–H groups in total. The van der Waals surface area contributed by atoms with Crippen LogP contribution in [0.5, 0.6) is 5.75 Å². The Kier molecular flexibility index (Phi) is 14.8. The van der Waals surface area contributed by atoms with Crippen LogP contribution in [0.25, 0.3) is 0 Å². The van der Waals surface area contributed by atoms with Gasteiger partial charge < -0.3 is 24.8 Å². The predicted molar refractivity (Wildman–Crippen MR) is 238 cm³/mol. The predicted octanol–water partition coefficient (Wildman–Crippen LogP) is 10.6. The van der Waals surface area contributed by atoms with Crippen molar-refractivity contribution in [1.29, 1.82) is 0 Å². The average molecular weight is 783 g/mol. The van der Waals surface area contributed by atoms with E-state index in [1.807, 2.05) is 13.0 Å². The van der Waals surface area contributed by atoms with E-state index in [0.29, 0.717) is 57.9 Å². The highest BCUT2D eigenvalue weighted by Gasteiger charge is 2.33. The second-order valence-corrected chi connectivity index (χ2v) is 16.7. The molecule has 2 aliphatic rings. The number of benzene rings is 4. The van der Waals surface area contributed by atoms with Crippen LogP contribution in [-0.4, -0.2) is 52.9 Å². The average Bonchev–Trinajstić information content (AvgIpc) is 3.22. The van der Waals surface area contributed by atoms with Gasteiger partial charge in [-0.3, -0.25) is 0 Å². The molecule has 0 saturated carbocycles. The molecule has 5 heteroatoms. The highest BCUT2D eigenvalue weighted by atomic mass is 16.5. The van der Waals surface area contributed by atoms with E-state index in [0.717, 1.165) is 47.9 Å². The van der Waals surface area contributed by atoms with Crippen molar-refractivity contribution in [2.45, 2.75) is 136 Å². The van der Waals surface area contributed by atoms with Gasteiger partial charge in [0.15, 0.2) is 0 Å². The van der Waals surface area contributed by atoms with Crippen LogP contribution in [0.15, 0.2) is 72.8 Å². The first-order chi connectivity index (χ1) is 27.7. The molecule has 0 bridgehead atoms. The van der Waals surface area contributed by atoms with Crippen molar-refractivity contribution in [2.75, 3.05) is 26.4 Å². The van der Waals surface area contributed by atoms with E-state index in [9.17, 15) is 15.3 Å². The molecule has 58 heavy (non-hydrogen) atoms. The molecule has 6 rings (SSSR count). The zero-order valence-corrected chi connectivity index (χ0v) is 36.6. The van der Waals surface area contributed by atoms with Gasteiger partial charge in [0.1, 0.15) is 17.0 Å². The van der Waals surface area contributed by atoms with Crippen LogP contribution in [0, 0.1) is 58.3 Å². The summed E-state index contributed by atoms with van der Waals surface area (Å²) in [6.45, 7) is 21.8. The van der Waals surface area contributed by atoms with Crippen molar-refractivity contribution < 1.29 is 24.8 Å². The number of phenolic OH excluding ortho intramolecular Hbond substituents is 1. The summed E-state index contributed by atoms with van der Waals surface area (Å²) in [6, 6.07) is 25.9.